The first-order chi connectivity index (χ1) is 24.5. The quantitative estimate of drug-likeness (QED) is 0.104. The van der Waals surface area contributed by atoms with Crippen LogP contribution in [0.15, 0.2) is 160 Å². The second-order valence-corrected chi connectivity index (χ2v) is 12.2. The Labute approximate surface area is 289 Å². The third kappa shape index (κ3) is 5.33. The molecule has 2 heterocycles. The molecular weight excluding hydrogens is 624 g/mol. The molecule has 1 aliphatic heterocycles. The van der Waals surface area contributed by atoms with Crippen LogP contribution in [-0.4, -0.2) is 26.9 Å². The fraction of sp³-hybridized carbons (Fsp3) is 0.146. The number of imidazole rings is 1. The third-order valence-corrected chi connectivity index (χ3v) is 9.33. The van der Waals surface area contributed by atoms with E-state index in [-0.39, 0.29) is 17.9 Å². The van der Waals surface area contributed by atoms with Gasteiger partial charge in [-0.15, -0.1) is 10.2 Å². The molecule has 0 spiro atoms. The predicted octanol–water partition coefficient (Wildman–Crippen LogP) is 9.08. The smallest absolute Gasteiger partial charge is 0.354 e. The molecule has 0 amide bonds. The first-order valence-corrected chi connectivity index (χ1v) is 16.5. The van der Waals surface area contributed by atoms with Crippen LogP contribution in [0.5, 0.6) is 0 Å². The predicted molar refractivity (Wildman–Crippen MR) is 190 cm³/mol. The van der Waals surface area contributed by atoms with E-state index in [1.54, 1.807) is 4.57 Å². The molecule has 246 valence electrons. The summed E-state index contributed by atoms with van der Waals surface area (Å²) in [6, 6.07) is 46.8. The van der Waals surface area contributed by atoms with Crippen molar-refractivity contribution in [2.24, 2.45) is 20.7 Å². The molecule has 0 atom stereocenters. The number of hydrogen-bond acceptors (Lipinski definition) is 7. The maximum absolute atomic E-state index is 12.2. The average Bonchev–Trinajstić information content (AvgIpc) is 3.80. The zero-order valence-electron chi connectivity index (χ0n) is 27.4. The molecule has 9 heteroatoms. The molecule has 9 nitrogen and oxygen atoms in total. The Bertz CT molecular complexity index is 2090. The van der Waals surface area contributed by atoms with E-state index >= 15 is 0 Å². The van der Waals surface area contributed by atoms with Crippen LogP contribution in [-0.2, 0) is 24.0 Å². The Kier molecular flexibility index (Phi) is 8.79. The SMILES string of the molecule is CCCc1nc(C=O)c(C(=O)O)n1Cc1ccc(-c2ccccc2C2(C(c3ccccc3)(c3ccccc3)c3ccccc3)N=NN=N2)cc1. The molecule has 1 aliphatic rings. The fourth-order valence-corrected chi connectivity index (χ4v) is 7.24. The number of rotatable bonds is 12. The monoisotopic (exact) mass is 658 g/mol. The van der Waals surface area contributed by atoms with Gasteiger partial charge in [-0.25, -0.2) is 9.78 Å². The number of carbonyl (C=O) groups excluding carboxylic acids is 1. The minimum atomic E-state index is -1.33. The zero-order valence-corrected chi connectivity index (χ0v) is 27.4. The molecule has 50 heavy (non-hydrogen) atoms. The molecule has 0 aliphatic carbocycles. The summed E-state index contributed by atoms with van der Waals surface area (Å²) < 4.78 is 1.63. The lowest BCUT2D eigenvalue weighted by Gasteiger charge is -2.45. The molecule has 0 unspecified atom stereocenters. The molecular formula is C41H34N6O3. The first kappa shape index (κ1) is 32.2. The summed E-state index contributed by atoms with van der Waals surface area (Å²) >= 11 is 0. The van der Waals surface area contributed by atoms with E-state index in [9.17, 15) is 14.7 Å². The van der Waals surface area contributed by atoms with Gasteiger partial charge in [-0.2, -0.15) is 0 Å². The molecule has 7 rings (SSSR count). The van der Waals surface area contributed by atoms with Crippen LogP contribution in [0.2, 0.25) is 0 Å². The number of aromatic nitrogens is 2. The van der Waals surface area contributed by atoms with E-state index < -0.39 is 17.0 Å². The van der Waals surface area contributed by atoms with Gasteiger partial charge in [0.1, 0.15) is 11.5 Å². The summed E-state index contributed by atoms with van der Waals surface area (Å²) in [5.41, 5.74) is 3.97. The Morgan fingerprint density at radius 1 is 0.740 bits per heavy atom. The third-order valence-electron chi connectivity index (χ3n) is 9.33. The molecule has 0 radical (unpaired) electrons. The van der Waals surface area contributed by atoms with Crippen LogP contribution >= 0.6 is 0 Å². The van der Waals surface area contributed by atoms with Crippen LogP contribution in [0.3, 0.4) is 0 Å². The lowest BCUT2D eigenvalue weighted by atomic mass is 9.59. The summed E-state index contributed by atoms with van der Waals surface area (Å²) in [6.07, 6.45) is 1.82. The Morgan fingerprint density at radius 3 is 1.76 bits per heavy atom. The zero-order chi connectivity index (χ0) is 34.6. The van der Waals surface area contributed by atoms with E-state index in [0.29, 0.717) is 18.5 Å². The first-order valence-electron chi connectivity index (χ1n) is 16.5. The van der Waals surface area contributed by atoms with Crippen LogP contribution in [0.25, 0.3) is 11.1 Å². The number of aldehydes is 1. The second-order valence-electron chi connectivity index (χ2n) is 12.2. The van der Waals surface area contributed by atoms with E-state index in [1.165, 1.54) is 0 Å². The lowest BCUT2D eigenvalue weighted by Crippen LogP contribution is -2.48. The largest absolute Gasteiger partial charge is 0.477 e. The molecule has 5 aromatic carbocycles. The minimum Gasteiger partial charge on any atom is -0.477 e. The molecule has 0 fully saturated rings. The van der Waals surface area contributed by atoms with Gasteiger partial charge >= 0.3 is 5.97 Å². The number of carboxylic acids is 1. The van der Waals surface area contributed by atoms with E-state index in [4.69, 9.17) is 10.2 Å². The highest BCUT2D eigenvalue weighted by molar-refractivity contribution is 5.94. The Morgan fingerprint density at radius 2 is 1.26 bits per heavy atom. The number of aryl methyl sites for hydroxylation is 1. The van der Waals surface area contributed by atoms with Gasteiger partial charge in [0.05, 0.1) is 5.41 Å². The van der Waals surface area contributed by atoms with Crippen molar-refractivity contribution in [1.29, 1.82) is 0 Å². The summed E-state index contributed by atoms with van der Waals surface area (Å²) in [4.78, 5) is 28.2. The van der Waals surface area contributed by atoms with Gasteiger partial charge in [0, 0.05) is 18.5 Å². The molecule has 0 bridgehead atoms. The maximum atomic E-state index is 12.2. The van der Waals surface area contributed by atoms with Crippen molar-refractivity contribution in [3.63, 3.8) is 0 Å². The van der Waals surface area contributed by atoms with Gasteiger partial charge in [0.15, 0.2) is 12.0 Å². The van der Waals surface area contributed by atoms with Crippen molar-refractivity contribution in [3.05, 3.63) is 185 Å². The molecule has 0 saturated heterocycles. The van der Waals surface area contributed by atoms with E-state index in [1.807, 2.05) is 104 Å². The van der Waals surface area contributed by atoms with Crippen molar-refractivity contribution in [1.82, 2.24) is 9.55 Å². The van der Waals surface area contributed by atoms with Gasteiger partial charge in [0.25, 0.3) is 0 Å². The van der Waals surface area contributed by atoms with Crippen molar-refractivity contribution in [2.75, 3.05) is 0 Å². The molecule has 0 saturated carbocycles. The number of benzene rings is 5. The Balaban J connectivity index is 1.40. The van der Waals surface area contributed by atoms with Crippen molar-refractivity contribution < 1.29 is 14.7 Å². The summed E-state index contributed by atoms with van der Waals surface area (Å²) in [5, 5.41) is 28.3. The van der Waals surface area contributed by atoms with E-state index in [0.717, 1.165) is 45.4 Å². The number of aromatic carboxylic acids is 1. The fourth-order valence-electron chi connectivity index (χ4n) is 7.24. The summed E-state index contributed by atoms with van der Waals surface area (Å²) in [5.74, 6) is -0.615. The number of hydrogen-bond donors (Lipinski definition) is 1. The number of nitrogens with zero attached hydrogens (tertiary/aromatic N) is 6. The van der Waals surface area contributed by atoms with Crippen molar-refractivity contribution in [2.45, 2.75) is 37.4 Å². The maximum Gasteiger partial charge on any atom is 0.354 e. The highest BCUT2D eigenvalue weighted by Gasteiger charge is 2.60. The average molecular weight is 659 g/mol. The van der Waals surface area contributed by atoms with Gasteiger partial charge < -0.3 is 9.67 Å². The second kappa shape index (κ2) is 13.6. The van der Waals surface area contributed by atoms with Crippen LogP contribution in [0.1, 0.15) is 68.0 Å². The normalized spacial score (nSPS) is 13.4. The standard InChI is InChI=1S/C41H34N6O3/c1-2-14-37-42-36(28-48)38(39(49)50)47(37)27-29-23-25-30(26-24-29)34-21-12-13-22-35(34)41(43-45-46-44-41)40(31-15-6-3-7-16-31,32-17-8-4-9-18-32)33-19-10-5-11-20-33/h3-13,15-26,28H,2,14,27H2,1H3,(H,49,50). The topological polar surface area (TPSA) is 122 Å². The summed E-state index contributed by atoms with van der Waals surface area (Å²) in [6.45, 7) is 2.25. The van der Waals surface area contributed by atoms with Crippen LogP contribution < -0.4 is 0 Å². The number of carbonyl (C=O) groups is 2. The highest BCUT2D eigenvalue weighted by atomic mass is 16.4. The van der Waals surface area contributed by atoms with E-state index in [2.05, 4.69) is 57.9 Å². The molecule has 1 N–H and O–H groups in total. The van der Waals surface area contributed by atoms with Crippen LogP contribution in [0.4, 0.5) is 0 Å². The van der Waals surface area contributed by atoms with Gasteiger partial charge in [-0.05, 0) is 50.2 Å². The minimum absolute atomic E-state index is 0.0598. The van der Waals surface area contributed by atoms with Crippen molar-refractivity contribution >= 4 is 12.3 Å². The van der Waals surface area contributed by atoms with Gasteiger partial charge in [-0.3, -0.25) is 4.79 Å². The van der Waals surface area contributed by atoms with Gasteiger partial charge in [-0.1, -0.05) is 146 Å². The summed E-state index contributed by atoms with van der Waals surface area (Å²) in [7, 11) is 0. The van der Waals surface area contributed by atoms with Crippen LogP contribution in [0, 0.1) is 0 Å². The molecule has 1 aromatic heterocycles. The Hall–Kier alpha value is -6.35. The molecule has 6 aromatic rings. The van der Waals surface area contributed by atoms with Gasteiger partial charge in [0.2, 0.25) is 5.66 Å². The lowest BCUT2D eigenvalue weighted by molar-refractivity contribution is 0.0682. The van der Waals surface area contributed by atoms with Crippen molar-refractivity contribution in [3.8, 4) is 11.1 Å². The highest BCUT2D eigenvalue weighted by Crippen LogP contribution is 2.58. The number of carboxylic acid groups (broad SMARTS) is 1.